The predicted octanol–water partition coefficient (Wildman–Crippen LogP) is 3.77. The van der Waals surface area contributed by atoms with Gasteiger partial charge < -0.3 is 18.8 Å². The molecule has 0 radical (unpaired) electrons. The summed E-state index contributed by atoms with van der Waals surface area (Å²) in [4.78, 5) is 27.0. The van der Waals surface area contributed by atoms with Crippen LogP contribution in [0.2, 0.25) is 0 Å². The van der Waals surface area contributed by atoms with E-state index in [0.29, 0.717) is 11.1 Å². The van der Waals surface area contributed by atoms with Crippen molar-refractivity contribution in [2.75, 3.05) is 7.11 Å². The van der Waals surface area contributed by atoms with Gasteiger partial charge in [0.1, 0.15) is 5.58 Å². The Morgan fingerprint density at radius 2 is 1.69 bits per heavy atom. The Bertz CT molecular complexity index is 770. The van der Waals surface area contributed by atoms with Crippen molar-refractivity contribution in [3.05, 3.63) is 35.6 Å². The zero-order valence-corrected chi connectivity index (χ0v) is 16.2. The molecule has 6 heteroatoms. The lowest BCUT2D eigenvalue weighted by atomic mass is 10.1. The lowest BCUT2D eigenvalue weighted by Gasteiger charge is -2.32. The van der Waals surface area contributed by atoms with Crippen LogP contribution in [0, 0.1) is 0 Å². The molecule has 0 fully saturated rings. The average molecular weight is 361 g/mol. The summed E-state index contributed by atoms with van der Waals surface area (Å²) in [5.74, 6) is -0.817. The van der Waals surface area contributed by atoms with E-state index >= 15 is 0 Å². The second-order valence-corrected chi connectivity index (χ2v) is 6.82. The van der Waals surface area contributed by atoms with Gasteiger partial charge in [0.25, 0.3) is 5.91 Å². The molecule has 0 bridgehead atoms. The Hall–Kier alpha value is -2.34. The minimum atomic E-state index is -0.907. The van der Waals surface area contributed by atoms with Crippen LogP contribution in [0.3, 0.4) is 0 Å². The highest BCUT2D eigenvalue weighted by Crippen LogP contribution is 2.27. The molecule has 26 heavy (non-hydrogen) atoms. The third-order valence-corrected chi connectivity index (χ3v) is 4.17. The topological polar surface area (TPSA) is 69.0 Å². The Labute approximate surface area is 154 Å². The molecule has 2 rings (SSSR count). The number of hydrogen-bond acceptors (Lipinski definition) is 5. The van der Waals surface area contributed by atoms with Gasteiger partial charge in [0.05, 0.1) is 6.61 Å². The predicted molar refractivity (Wildman–Crippen MR) is 98.9 cm³/mol. The number of amides is 1. The molecule has 0 unspecified atom stereocenters. The zero-order valence-electron chi connectivity index (χ0n) is 16.2. The summed E-state index contributed by atoms with van der Waals surface area (Å²) in [5.41, 5.74) is 1.20. The number of ether oxygens (including phenoxy) is 2. The summed E-state index contributed by atoms with van der Waals surface area (Å²) in [6.07, 6.45) is -0.907. The van der Waals surface area contributed by atoms with E-state index in [2.05, 4.69) is 0 Å². The largest absolute Gasteiger partial charge is 0.449 e. The van der Waals surface area contributed by atoms with Crippen molar-refractivity contribution in [1.29, 1.82) is 0 Å². The molecular weight excluding hydrogens is 334 g/mol. The molecule has 0 saturated heterocycles. The molecule has 1 amide bonds. The highest BCUT2D eigenvalue weighted by molar-refractivity contribution is 5.97. The van der Waals surface area contributed by atoms with Crippen molar-refractivity contribution in [2.45, 2.75) is 59.4 Å². The molecule has 0 aliphatic carbocycles. The van der Waals surface area contributed by atoms with Crippen molar-refractivity contribution in [3.63, 3.8) is 0 Å². The number of benzene rings is 1. The maximum absolute atomic E-state index is 12.7. The van der Waals surface area contributed by atoms with Crippen LogP contribution >= 0.6 is 0 Å². The van der Waals surface area contributed by atoms with Gasteiger partial charge in [-0.2, -0.15) is 0 Å². The van der Waals surface area contributed by atoms with Gasteiger partial charge in [0.2, 0.25) is 5.76 Å². The molecule has 142 valence electrons. The molecule has 1 atom stereocenters. The van der Waals surface area contributed by atoms with Crippen LogP contribution in [0.5, 0.6) is 0 Å². The highest BCUT2D eigenvalue weighted by Gasteiger charge is 2.30. The van der Waals surface area contributed by atoms with Gasteiger partial charge in [-0.15, -0.1) is 0 Å². The van der Waals surface area contributed by atoms with Gasteiger partial charge in [-0.3, -0.25) is 4.79 Å². The summed E-state index contributed by atoms with van der Waals surface area (Å²) in [7, 11) is 1.55. The standard InChI is InChI=1S/C20H27NO5/c1-12(2)21(13(3)4)19(22)14(5)25-20(23)18-16(11-24-6)15-9-7-8-10-17(15)26-18/h7-10,12-14H,11H2,1-6H3/t14-/m1/s1. The van der Waals surface area contributed by atoms with E-state index in [1.54, 1.807) is 25.0 Å². The highest BCUT2D eigenvalue weighted by atomic mass is 16.6. The van der Waals surface area contributed by atoms with Gasteiger partial charge in [0.15, 0.2) is 6.10 Å². The molecule has 2 aromatic rings. The van der Waals surface area contributed by atoms with Crippen molar-refractivity contribution in [2.24, 2.45) is 0 Å². The lowest BCUT2D eigenvalue weighted by molar-refractivity contribution is -0.143. The number of nitrogens with zero attached hydrogens (tertiary/aromatic N) is 1. The first kappa shape index (κ1) is 20.0. The normalized spacial score (nSPS) is 12.6. The van der Waals surface area contributed by atoms with E-state index < -0.39 is 12.1 Å². The van der Waals surface area contributed by atoms with Gasteiger partial charge >= 0.3 is 5.97 Å². The average Bonchev–Trinajstić information content (AvgIpc) is 2.93. The first-order valence-corrected chi connectivity index (χ1v) is 8.80. The molecule has 0 aliphatic rings. The van der Waals surface area contributed by atoms with E-state index in [4.69, 9.17) is 13.9 Å². The van der Waals surface area contributed by atoms with Crippen molar-refractivity contribution in [1.82, 2.24) is 4.90 Å². The van der Waals surface area contributed by atoms with Crippen LogP contribution < -0.4 is 0 Å². The smallest absolute Gasteiger partial charge is 0.375 e. The molecule has 1 heterocycles. The summed E-state index contributed by atoms with van der Waals surface area (Å²) < 4.78 is 16.3. The van der Waals surface area contributed by atoms with Crippen molar-refractivity contribution in [3.8, 4) is 0 Å². The second-order valence-electron chi connectivity index (χ2n) is 6.82. The first-order valence-electron chi connectivity index (χ1n) is 8.80. The van der Waals surface area contributed by atoms with E-state index in [-0.39, 0.29) is 30.4 Å². The summed E-state index contributed by atoms with van der Waals surface area (Å²) in [6, 6.07) is 7.35. The fourth-order valence-electron chi connectivity index (χ4n) is 3.13. The van der Waals surface area contributed by atoms with Crippen LogP contribution in [0.4, 0.5) is 0 Å². The summed E-state index contributed by atoms with van der Waals surface area (Å²) in [5, 5.41) is 0.797. The summed E-state index contributed by atoms with van der Waals surface area (Å²) in [6.45, 7) is 9.53. The minimum absolute atomic E-state index is 0.0129. The van der Waals surface area contributed by atoms with Gasteiger partial charge in [0, 0.05) is 30.1 Å². The Morgan fingerprint density at radius 1 is 1.08 bits per heavy atom. The van der Waals surface area contributed by atoms with Crippen LogP contribution in [0.1, 0.15) is 50.7 Å². The molecule has 0 N–H and O–H groups in total. The van der Waals surface area contributed by atoms with E-state index in [0.717, 1.165) is 5.39 Å². The van der Waals surface area contributed by atoms with E-state index in [1.807, 2.05) is 45.9 Å². The first-order chi connectivity index (χ1) is 12.3. The Kier molecular flexibility index (Phi) is 6.42. The number of carbonyl (C=O) groups excluding carboxylic acids is 2. The Morgan fingerprint density at radius 3 is 2.27 bits per heavy atom. The number of hydrogen-bond donors (Lipinski definition) is 0. The fraction of sp³-hybridized carbons (Fsp3) is 0.500. The number of esters is 1. The van der Waals surface area contributed by atoms with Crippen molar-refractivity contribution >= 4 is 22.8 Å². The van der Waals surface area contributed by atoms with Gasteiger partial charge in [-0.25, -0.2) is 4.79 Å². The van der Waals surface area contributed by atoms with Gasteiger partial charge in [-0.05, 0) is 40.7 Å². The van der Waals surface area contributed by atoms with Gasteiger partial charge in [-0.1, -0.05) is 18.2 Å². The molecule has 1 aromatic heterocycles. The molecule has 0 saturated carbocycles. The number of furan rings is 1. The number of rotatable bonds is 7. The number of carbonyl (C=O) groups is 2. The molecule has 6 nitrogen and oxygen atoms in total. The minimum Gasteiger partial charge on any atom is -0.449 e. The number of fused-ring (bicyclic) bond motifs is 1. The lowest BCUT2D eigenvalue weighted by Crippen LogP contribution is -2.47. The van der Waals surface area contributed by atoms with Crippen LogP contribution in [0.15, 0.2) is 28.7 Å². The van der Waals surface area contributed by atoms with E-state index in [1.165, 1.54) is 0 Å². The van der Waals surface area contributed by atoms with Crippen LogP contribution in [-0.4, -0.2) is 42.1 Å². The molecular formula is C20H27NO5. The number of para-hydroxylation sites is 1. The maximum atomic E-state index is 12.7. The Balaban J connectivity index is 2.25. The zero-order chi connectivity index (χ0) is 19.4. The fourth-order valence-corrected chi connectivity index (χ4v) is 3.13. The SMILES string of the molecule is COCc1c(C(=O)O[C@H](C)C(=O)N(C(C)C)C(C)C)oc2ccccc12. The molecule has 0 aliphatic heterocycles. The summed E-state index contributed by atoms with van der Waals surface area (Å²) >= 11 is 0. The third kappa shape index (κ3) is 4.07. The van der Waals surface area contributed by atoms with Crippen molar-refractivity contribution < 1.29 is 23.5 Å². The van der Waals surface area contributed by atoms with E-state index in [9.17, 15) is 9.59 Å². The molecule has 1 aromatic carbocycles. The van der Waals surface area contributed by atoms with Crippen LogP contribution in [0.25, 0.3) is 11.0 Å². The van der Waals surface area contributed by atoms with Crippen LogP contribution in [-0.2, 0) is 20.9 Å². The maximum Gasteiger partial charge on any atom is 0.375 e. The third-order valence-electron chi connectivity index (χ3n) is 4.17. The second kappa shape index (κ2) is 8.36. The monoisotopic (exact) mass is 361 g/mol. The number of methoxy groups -OCH3 is 1. The quantitative estimate of drug-likeness (QED) is 0.702. The molecule has 0 spiro atoms.